The predicted octanol–water partition coefficient (Wildman–Crippen LogP) is 2.39. The average molecular weight is 272 g/mol. The first-order valence-electron chi connectivity index (χ1n) is 6.77. The molecule has 2 aromatic rings. The molecule has 0 fully saturated rings. The Labute approximate surface area is 118 Å². The Hall–Kier alpha value is -2.14. The summed E-state index contributed by atoms with van der Waals surface area (Å²) in [5, 5.41) is 2.84. The van der Waals surface area contributed by atoms with Gasteiger partial charge in [0.05, 0.1) is 24.3 Å². The van der Waals surface area contributed by atoms with Crippen molar-refractivity contribution in [3.63, 3.8) is 0 Å². The first-order chi connectivity index (χ1) is 9.61. The van der Waals surface area contributed by atoms with E-state index in [0.717, 1.165) is 23.4 Å². The lowest BCUT2D eigenvalue weighted by atomic mass is 9.99. The van der Waals surface area contributed by atoms with Gasteiger partial charge in [-0.05, 0) is 23.6 Å². The van der Waals surface area contributed by atoms with Gasteiger partial charge in [-0.1, -0.05) is 32.4 Å². The molecule has 0 saturated heterocycles. The van der Waals surface area contributed by atoms with Crippen LogP contribution in [0.1, 0.15) is 20.3 Å². The van der Waals surface area contributed by atoms with Crippen LogP contribution in [0.15, 0.2) is 36.8 Å². The Kier molecular flexibility index (Phi) is 4.53. The third-order valence-electron chi connectivity index (χ3n) is 3.52. The number of benzene rings is 1. The number of H-pyrrole nitrogens is 1. The van der Waals surface area contributed by atoms with Crippen molar-refractivity contribution in [2.45, 2.75) is 26.3 Å². The summed E-state index contributed by atoms with van der Waals surface area (Å²) in [6.07, 6.45) is 4.27. The van der Waals surface area contributed by atoms with Crippen LogP contribution in [-0.2, 0) is 4.79 Å². The fourth-order valence-electron chi connectivity index (χ4n) is 1.88. The Morgan fingerprint density at radius 1 is 1.40 bits per heavy atom. The van der Waals surface area contributed by atoms with E-state index in [1.54, 1.807) is 12.5 Å². The maximum atomic E-state index is 12.0. The number of anilines is 1. The smallest absolute Gasteiger partial charge is 0.241 e. The Balaban J connectivity index is 2.02. The zero-order valence-electron chi connectivity index (χ0n) is 11.8. The largest absolute Gasteiger partial charge is 0.345 e. The monoisotopic (exact) mass is 272 g/mol. The van der Waals surface area contributed by atoms with Gasteiger partial charge in [-0.15, -0.1) is 0 Å². The summed E-state index contributed by atoms with van der Waals surface area (Å²) >= 11 is 0. The Morgan fingerprint density at radius 3 is 2.65 bits per heavy atom. The number of carbonyl (C=O) groups is 1. The third kappa shape index (κ3) is 3.24. The fourth-order valence-corrected chi connectivity index (χ4v) is 1.88. The van der Waals surface area contributed by atoms with E-state index >= 15 is 0 Å². The normalized spacial score (nSPS) is 13.8. The van der Waals surface area contributed by atoms with E-state index in [1.807, 2.05) is 38.1 Å². The van der Waals surface area contributed by atoms with E-state index in [1.165, 1.54) is 0 Å². The minimum absolute atomic E-state index is 0.145. The van der Waals surface area contributed by atoms with E-state index in [9.17, 15) is 4.79 Å². The van der Waals surface area contributed by atoms with Crippen molar-refractivity contribution >= 4 is 11.6 Å². The van der Waals surface area contributed by atoms with Crippen molar-refractivity contribution in [3.8, 4) is 11.3 Å². The number of imidazole rings is 1. The zero-order valence-corrected chi connectivity index (χ0v) is 11.8. The minimum atomic E-state index is -0.479. The number of aromatic amines is 1. The summed E-state index contributed by atoms with van der Waals surface area (Å²) in [7, 11) is 0. The van der Waals surface area contributed by atoms with E-state index in [-0.39, 0.29) is 11.8 Å². The fraction of sp³-hybridized carbons (Fsp3) is 0.333. The first kappa shape index (κ1) is 14.3. The molecule has 1 unspecified atom stereocenters. The van der Waals surface area contributed by atoms with Crippen LogP contribution in [0.2, 0.25) is 0 Å². The van der Waals surface area contributed by atoms with Crippen LogP contribution in [-0.4, -0.2) is 21.9 Å². The molecule has 0 aliphatic rings. The summed E-state index contributed by atoms with van der Waals surface area (Å²) in [6.45, 7) is 4.00. The Bertz CT molecular complexity index is 548. The molecular formula is C15H20N4O. The lowest BCUT2D eigenvalue weighted by Gasteiger charge is -2.17. The molecule has 1 amide bonds. The van der Waals surface area contributed by atoms with Gasteiger partial charge in [0.2, 0.25) is 5.91 Å². The molecule has 4 N–H and O–H groups in total. The molecule has 5 nitrogen and oxygen atoms in total. The summed E-state index contributed by atoms with van der Waals surface area (Å²) in [5.41, 5.74) is 8.61. The molecule has 0 spiro atoms. The molecule has 2 atom stereocenters. The summed E-state index contributed by atoms with van der Waals surface area (Å²) < 4.78 is 0. The molecule has 1 aromatic heterocycles. The van der Waals surface area contributed by atoms with Crippen molar-refractivity contribution in [2.75, 3.05) is 5.32 Å². The third-order valence-corrected chi connectivity index (χ3v) is 3.52. The van der Waals surface area contributed by atoms with E-state index in [0.29, 0.717) is 0 Å². The number of hydrogen-bond acceptors (Lipinski definition) is 3. The number of amides is 1. The molecule has 20 heavy (non-hydrogen) atoms. The van der Waals surface area contributed by atoms with Gasteiger partial charge in [0.1, 0.15) is 0 Å². The number of nitrogens with two attached hydrogens (primary N) is 1. The maximum absolute atomic E-state index is 12.0. The molecule has 1 heterocycles. The number of rotatable bonds is 5. The van der Waals surface area contributed by atoms with E-state index in [4.69, 9.17) is 5.73 Å². The molecule has 2 rings (SSSR count). The number of carbonyl (C=O) groups excluding carboxylic acids is 1. The molecule has 0 radical (unpaired) electrons. The lowest BCUT2D eigenvalue weighted by Crippen LogP contribution is -2.40. The molecule has 0 saturated carbocycles. The van der Waals surface area contributed by atoms with Crippen LogP contribution in [0.25, 0.3) is 11.3 Å². The van der Waals surface area contributed by atoms with Crippen LogP contribution in [0.4, 0.5) is 5.69 Å². The van der Waals surface area contributed by atoms with Crippen molar-refractivity contribution < 1.29 is 4.79 Å². The summed E-state index contributed by atoms with van der Waals surface area (Å²) in [4.78, 5) is 19.0. The average Bonchev–Trinajstić information content (AvgIpc) is 3.00. The molecule has 0 bridgehead atoms. The number of aromatic nitrogens is 2. The standard InChI is InChI=1S/C15H20N4O/c1-3-10(2)14(16)15(20)19-12-6-4-11(5-7-12)13-8-17-9-18-13/h4-10,14H,3,16H2,1-2H3,(H,17,18)(H,19,20)/t10?,14-/m0/s1. The van der Waals surface area contributed by atoms with Crippen LogP contribution >= 0.6 is 0 Å². The van der Waals surface area contributed by atoms with Gasteiger partial charge < -0.3 is 16.0 Å². The molecular weight excluding hydrogens is 252 g/mol. The second-order valence-corrected chi connectivity index (χ2v) is 4.94. The molecule has 106 valence electrons. The van der Waals surface area contributed by atoms with Gasteiger partial charge in [0.25, 0.3) is 0 Å². The minimum Gasteiger partial charge on any atom is -0.345 e. The van der Waals surface area contributed by atoms with E-state index < -0.39 is 6.04 Å². The van der Waals surface area contributed by atoms with Gasteiger partial charge in [-0.25, -0.2) is 4.98 Å². The highest BCUT2D eigenvalue weighted by molar-refractivity contribution is 5.95. The Morgan fingerprint density at radius 2 is 2.10 bits per heavy atom. The highest BCUT2D eigenvalue weighted by atomic mass is 16.2. The van der Waals surface area contributed by atoms with Crippen molar-refractivity contribution in [2.24, 2.45) is 11.7 Å². The quantitative estimate of drug-likeness (QED) is 0.781. The topological polar surface area (TPSA) is 83.8 Å². The highest BCUT2D eigenvalue weighted by Crippen LogP contribution is 2.19. The van der Waals surface area contributed by atoms with Crippen LogP contribution in [0.3, 0.4) is 0 Å². The molecule has 1 aromatic carbocycles. The van der Waals surface area contributed by atoms with Crippen LogP contribution < -0.4 is 11.1 Å². The van der Waals surface area contributed by atoms with Gasteiger partial charge in [0, 0.05) is 5.69 Å². The van der Waals surface area contributed by atoms with Crippen molar-refractivity contribution in [3.05, 3.63) is 36.8 Å². The van der Waals surface area contributed by atoms with Crippen LogP contribution in [0, 0.1) is 5.92 Å². The molecule has 0 aliphatic carbocycles. The van der Waals surface area contributed by atoms with Crippen molar-refractivity contribution in [1.82, 2.24) is 9.97 Å². The van der Waals surface area contributed by atoms with Gasteiger partial charge >= 0.3 is 0 Å². The van der Waals surface area contributed by atoms with Gasteiger partial charge in [-0.3, -0.25) is 4.79 Å². The summed E-state index contributed by atoms with van der Waals surface area (Å²) in [5.74, 6) is 0.0212. The molecule has 5 heteroatoms. The summed E-state index contributed by atoms with van der Waals surface area (Å²) in [6, 6.07) is 7.09. The van der Waals surface area contributed by atoms with Gasteiger partial charge in [-0.2, -0.15) is 0 Å². The number of nitrogens with one attached hydrogen (secondary N) is 2. The SMILES string of the molecule is CCC(C)[C@H](N)C(=O)Nc1ccc(-c2cnc[nH]2)cc1. The van der Waals surface area contributed by atoms with E-state index in [2.05, 4.69) is 15.3 Å². The molecule has 0 aliphatic heterocycles. The number of nitrogens with zero attached hydrogens (tertiary/aromatic N) is 1. The van der Waals surface area contributed by atoms with Gasteiger partial charge in [0.15, 0.2) is 0 Å². The lowest BCUT2D eigenvalue weighted by molar-refractivity contribution is -0.118. The second kappa shape index (κ2) is 6.34. The maximum Gasteiger partial charge on any atom is 0.241 e. The highest BCUT2D eigenvalue weighted by Gasteiger charge is 2.19. The predicted molar refractivity (Wildman–Crippen MR) is 80.1 cm³/mol. The van der Waals surface area contributed by atoms with Crippen molar-refractivity contribution in [1.29, 1.82) is 0 Å². The zero-order chi connectivity index (χ0) is 14.5. The first-order valence-corrected chi connectivity index (χ1v) is 6.77. The second-order valence-electron chi connectivity index (χ2n) is 4.94. The van der Waals surface area contributed by atoms with Crippen LogP contribution in [0.5, 0.6) is 0 Å². The number of hydrogen-bond donors (Lipinski definition) is 3.